The van der Waals surface area contributed by atoms with Crippen molar-refractivity contribution in [1.29, 1.82) is 0 Å². The summed E-state index contributed by atoms with van der Waals surface area (Å²) >= 11 is 7.88. The summed E-state index contributed by atoms with van der Waals surface area (Å²) in [6, 6.07) is 16.6. The lowest BCUT2D eigenvalue weighted by atomic mass is 10.00. The Labute approximate surface area is 216 Å². The normalized spacial score (nSPS) is 15.9. The van der Waals surface area contributed by atoms with E-state index in [4.69, 9.17) is 16.3 Å². The Balaban J connectivity index is 1.55. The average molecular weight is 511 g/mol. The van der Waals surface area contributed by atoms with E-state index in [1.807, 2.05) is 62.1 Å². The van der Waals surface area contributed by atoms with Crippen molar-refractivity contribution >= 4 is 34.8 Å². The Morgan fingerprint density at radius 3 is 2.69 bits per heavy atom. The minimum atomic E-state index is -0.209. The quantitative estimate of drug-likeness (QED) is 0.365. The molecule has 3 aromatic rings. The highest BCUT2D eigenvalue weighted by molar-refractivity contribution is 7.10. The first kappa shape index (κ1) is 25.3. The van der Waals surface area contributed by atoms with Crippen LogP contribution in [0.15, 0.2) is 60.0 Å². The number of hydrogen-bond acceptors (Lipinski definition) is 4. The largest absolute Gasteiger partial charge is 0.491 e. The Morgan fingerprint density at radius 2 is 1.97 bits per heavy atom. The second-order valence-corrected chi connectivity index (χ2v) is 10.3. The number of thiophene rings is 1. The van der Waals surface area contributed by atoms with Crippen LogP contribution in [0.4, 0.5) is 0 Å². The van der Waals surface area contributed by atoms with Crippen molar-refractivity contribution in [2.24, 2.45) is 0 Å². The van der Waals surface area contributed by atoms with Crippen LogP contribution in [0.3, 0.4) is 0 Å². The van der Waals surface area contributed by atoms with Gasteiger partial charge in [0.05, 0.1) is 6.04 Å². The fraction of sp³-hybridized carbons (Fsp3) is 0.357. The van der Waals surface area contributed by atoms with Crippen molar-refractivity contribution in [3.8, 4) is 5.75 Å². The zero-order valence-corrected chi connectivity index (χ0v) is 21.9. The van der Waals surface area contributed by atoms with Gasteiger partial charge in [-0.15, -0.1) is 11.3 Å². The van der Waals surface area contributed by atoms with E-state index in [1.165, 1.54) is 4.88 Å². The Hall–Kier alpha value is -2.83. The standard InChI is InChI=1S/C28H31ClN2O3S/c1-4-20(3)31(28(33)21-8-6-5-7-9-21)17-27(32)30-14-12-26-23(13-15-35-26)25(30)18-34-22-10-11-24(29)19(2)16-22/h5-11,13,15-16,20,25H,4,12,14,17-18H2,1-3H3/t20-,25+/m1/s1. The van der Waals surface area contributed by atoms with Gasteiger partial charge >= 0.3 is 0 Å². The summed E-state index contributed by atoms with van der Waals surface area (Å²) in [5, 5.41) is 2.77. The summed E-state index contributed by atoms with van der Waals surface area (Å²) in [6.07, 6.45) is 1.58. The maximum absolute atomic E-state index is 13.7. The number of hydrogen-bond donors (Lipinski definition) is 0. The molecule has 2 amide bonds. The van der Waals surface area contributed by atoms with Crippen LogP contribution in [0.25, 0.3) is 0 Å². The molecule has 4 rings (SSSR count). The van der Waals surface area contributed by atoms with Crippen molar-refractivity contribution in [1.82, 2.24) is 9.80 Å². The zero-order chi connectivity index (χ0) is 24.9. The molecule has 0 unspecified atom stereocenters. The Bertz CT molecular complexity index is 1180. The maximum Gasteiger partial charge on any atom is 0.254 e. The summed E-state index contributed by atoms with van der Waals surface area (Å²) in [4.78, 5) is 31.8. The van der Waals surface area contributed by atoms with E-state index < -0.39 is 0 Å². The molecule has 7 heteroatoms. The molecule has 0 N–H and O–H groups in total. The third-order valence-electron chi connectivity index (χ3n) is 6.66. The molecular formula is C28H31ClN2O3S. The third kappa shape index (κ3) is 5.71. The number of amides is 2. The molecule has 2 heterocycles. The van der Waals surface area contributed by atoms with Crippen molar-refractivity contribution in [2.45, 2.75) is 45.7 Å². The SMILES string of the molecule is CC[C@@H](C)N(CC(=O)N1CCc2sccc2[C@@H]1COc1ccc(Cl)c(C)c1)C(=O)c1ccccc1. The highest BCUT2D eigenvalue weighted by atomic mass is 35.5. The van der Waals surface area contributed by atoms with Gasteiger partial charge in [0, 0.05) is 28.0 Å². The van der Waals surface area contributed by atoms with E-state index in [-0.39, 0.29) is 30.4 Å². The number of halogens is 1. The van der Waals surface area contributed by atoms with Gasteiger partial charge in [-0.1, -0.05) is 36.7 Å². The monoisotopic (exact) mass is 510 g/mol. The number of ether oxygens (including phenoxy) is 1. The van der Waals surface area contributed by atoms with Gasteiger partial charge in [-0.3, -0.25) is 9.59 Å². The van der Waals surface area contributed by atoms with E-state index in [9.17, 15) is 9.59 Å². The molecule has 1 aliphatic rings. The second kappa shape index (κ2) is 11.3. The fourth-order valence-corrected chi connectivity index (χ4v) is 5.43. The van der Waals surface area contributed by atoms with Crippen molar-refractivity contribution in [2.75, 3.05) is 19.7 Å². The zero-order valence-electron chi connectivity index (χ0n) is 20.4. The summed E-state index contributed by atoms with van der Waals surface area (Å²) < 4.78 is 6.15. The topological polar surface area (TPSA) is 49.9 Å². The molecule has 0 aliphatic carbocycles. The lowest BCUT2D eigenvalue weighted by Crippen LogP contribution is -2.49. The van der Waals surface area contributed by atoms with Gasteiger partial charge in [-0.25, -0.2) is 0 Å². The number of aryl methyl sites for hydroxylation is 1. The van der Waals surface area contributed by atoms with Crippen LogP contribution in [0.1, 0.15) is 52.7 Å². The van der Waals surface area contributed by atoms with E-state index in [2.05, 4.69) is 11.4 Å². The molecule has 0 radical (unpaired) electrons. The number of nitrogens with zero attached hydrogens (tertiary/aromatic N) is 2. The predicted molar refractivity (Wildman–Crippen MR) is 141 cm³/mol. The number of rotatable bonds is 8. The third-order valence-corrected chi connectivity index (χ3v) is 8.08. The minimum absolute atomic E-state index is 0.0404. The van der Waals surface area contributed by atoms with E-state index in [0.717, 1.165) is 29.7 Å². The molecule has 1 aliphatic heterocycles. The molecule has 0 bridgehead atoms. The first-order chi connectivity index (χ1) is 16.9. The van der Waals surface area contributed by atoms with Crippen LogP contribution >= 0.6 is 22.9 Å². The summed E-state index contributed by atoms with van der Waals surface area (Å²) in [5.74, 6) is 0.542. The lowest BCUT2D eigenvalue weighted by molar-refractivity contribution is -0.136. The second-order valence-electron chi connectivity index (χ2n) is 8.93. The molecule has 0 fully saturated rings. The van der Waals surface area contributed by atoms with Gasteiger partial charge < -0.3 is 14.5 Å². The van der Waals surface area contributed by atoms with E-state index >= 15 is 0 Å². The fourth-order valence-electron chi connectivity index (χ4n) is 4.39. The molecular weight excluding hydrogens is 480 g/mol. The molecule has 184 valence electrons. The Morgan fingerprint density at radius 1 is 1.20 bits per heavy atom. The number of carbonyl (C=O) groups is 2. The molecule has 0 saturated carbocycles. The van der Waals surface area contributed by atoms with Crippen LogP contribution < -0.4 is 4.74 Å². The minimum Gasteiger partial charge on any atom is -0.491 e. The summed E-state index contributed by atoms with van der Waals surface area (Å²) in [6.45, 7) is 6.95. The van der Waals surface area contributed by atoms with Crippen LogP contribution in [0, 0.1) is 6.92 Å². The maximum atomic E-state index is 13.7. The van der Waals surface area contributed by atoms with Gasteiger partial charge in [0.25, 0.3) is 5.91 Å². The first-order valence-corrected chi connectivity index (χ1v) is 13.3. The van der Waals surface area contributed by atoms with E-state index in [0.29, 0.717) is 23.7 Å². The highest BCUT2D eigenvalue weighted by Crippen LogP contribution is 2.34. The van der Waals surface area contributed by atoms with Crippen molar-refractivity contribution in [3.63, 3.8) is 0 Å². The Kier molecular flexibility index (Phi) is 8.14. The predicted octanol–water partition coefficient (Wildman–Crippen LogP) is 6.16. The number of carbonyl (C=O) groups excluding carboxylic acids is 2. The van der Waals surface area contributed by atoms with Crippen LogP contribution in [0.2, 0.25) is 5.02 Å². The molecule has 1 aromatic heterocycles. The summed E-state index contributed by atoms with van der Waals surface area (Å²) in [5.41, 5.74) is 2.67. The molecule has 2 aromatic carbocycles. The van der Waals surface area contributed by atoms with Crippen LogP contribution in [-0.4, -0.2) is 47.4 Å². The van der Waals surface area contributed by atoms with Gasteiger partial charge in [-0.05, 0) is 79.6 Å². The molecule has 5 nitrogen and oxygen atoms in total. The summed E-state index contributed by atoms with van der Waals surface area (Å²) in [7, 11) is 0. The number of fused-ring (bicyclic) bond motifs is 1. The molecule has 35 heavy (non-hydrogen) atoms. The van der Waals surface area contributed by atoms with E-state index in [1.54, 1.807) is 28.4 Å². The highest BCUT2D eigenvalue weighted by Gasteiger charge is 2.34. The lowest BCUT2D eigenvalue weighted by Gasteiger charge is -2.38. The first-order valence-electron chi connectivity index (χ1n) is 12.0. The molecule has 0 saturated heterocycles. The average Bonchev–Trinajstić information content (AvgIpc) is 3.36. The van der Waals surface area contributed by atoms with Crippen molar-refractivity contribution < 1.29 is 14.3 Å². The molecule has 0 spiro atoms. The van der Waals surface area contributed by atoms with Crippen LogP contribution in [0.5, 0.6) is 5.75 Å². The molecule has 2 atom stereocenters. The smallest absolute Gasteiger partial charge is 0.254 e. The van der Waals surface area contributed by atoms with Gasteiger partial charge in [0.1, 0.15) is 18.9 Å². The number of benzene rings is 2. The van der Waals surface area contributed by atoms with Crippen LogP contribution in [-0.2, 0) is 11.2 Å². The van der Waals surface area contributed by atoms with Crippen molar-refractivity contribution in [3.05, 3.63) is 86.6 Å². The van der Waals surface area contributed by atoms with Gasteiger partial charge in [0.2, 0.25) is 5.91 Å². The van der Waals surface area contributed by atoms with Gasteiger partial charge in [-0.2, -0.15) is 0 Å². The van der Waals surface area contributed by atoms with Gasteiger partial charge in [0.15, 0.2) is 0 Å².